The van der Waals surface area contributed by atoms with Gasteiger partial charge in [-0.1, -0.05) is 18.2 Å². The van der Waals surface area contributed by atoms with Crippen molar-refractivity contribution < 1.29 is 8.42 Å². The lowest BCUT2D eigenvalue weighted by atomic mass is 10.1. The van der Waals surface area contributed by atoms with Gasteiger partial charge >= 0.3 is 0 Å². The summed E-state index contributed by atoms with van der Waals surface area (Å²) in [5, 5.41) is 3.20. The average Bonchev–Trinajstić information content (AvgIpc) is 3.16. The standard InChI is InChI=1S/C17H20N4O2S/c22-24(23)9-7-13(12-24)10-18-17-19-11-16-15(20-17)6-8-21(16)14-4-2-1-3-5-14/h1-5,11,13H,6-10,12H2,(H,18,19,20). The second-order valence-electron chi connectivity index (χ2n) is 6.41. The van der Waals surface area contributed by atoms with Crippen LogP contribution in [-0.2, 0) is 16.3 Å². The highest BCUT2D eigenvalue weighted by Gasteiger charge is 2.28. The van der Waals surface area contributed by atoms with Gasteiger partial charge in [0.15, 0.2) is 9.84 Å². The molecule has 1 unspecified atom stereocenters. The molecular weight excluding hydrogens is 324 g/mol. The first kappa shape index (κ1) is 15.4. The fraction of sp³-hybridized carbons (Fsp3) is 0.412. The highest BCUT2D eigenvalue weighted by atomic mass is 32.2. The van der Waals surface area contributed by atoms with E-state index in [1.165, 1.54) is 0 Å². The van der Waals surface area contributed by atoms with Crippen molar-refractivity contribution in [3.05, 3.63) is 42.2 Å². The largest absolute Gasteiger partial charge is 0.354 e. The lowest BCUT2D eigenvalue weighted by Crippen LogP contribution is -2.17. The number of benzene rings is 1. The maximum absolute atomic E-state index is 11.5. The molecule has 1 fully saturated rings. The summed E-state index contributed by atoms with van der Waals surface area (Å²) in [4.78, 5) is 11.2. The second kappa shape index (κ2) is 6.05. The molecule has 6 nitrogen and oxygen atoms in total. The van der Waals surface area contributed by atoms with E-state index in [2.05, 4.69) is 32.3 Å². The van der Waals surface area contributed by atoms with Gasteiger partial charge in [-0.15, -0.1) is 0 Å². The summed E-state index contributed by atoms with van der Waals surface area (Å²) in [6.07, 6.45) is 3.47. The number of nitrogens with zero attached hydrogens (tertiary/aromatic N) is 3. The van der Waals surface area contributed by atoms with Crippen LogP contribution in [0.4, 0.5) is 17.3 Å². The lowest BCUT2D eigenvalue weighted by molar-refractivity contribution is 0.595. The molecule has 0 aliphatic carbocycles. The van der Waals surface area contributed by atoms with Gasteiger partial charge < -0.3 is 10.2 Å². The lowest BCUT2D eigenvalue weighted by Gasteiger charge is -2.18. The summed E-state index contributed by atoms with van der Waals surface area (Å²) in [5.74, 6) is 1.32. The van der Waals surface area contributed by atoms with Crippen LogP contribution in [0.1, 0.15) is 12.1 Å². The molecule has 1 aromatic heterocycles. The Morgan fingerprint density at radius 3 is 2.83 bits per heavy atom. The summed E-state index contributed by atoms with van der Waals surface area (Å²) >= 11 is 0. The smallest absolute Gasteiger partial charge is 0.223 e. The van der Waals surface area contributed by atoms with Gasteiger partial charge in [0.05, 0.1) is 29.1 Å². The predicted octanol–water partition coefficient (Wildman–Crippen LogP) is 2.02. The van der Waals surface area contributed by atoms with Gasteiger partial charge in [-0.05, 0) is 24.5 Å². The number of aromatic nitrogens is 2. The van der Waals surface area contributed by atoms with E-state index in [0.717, 1.165) is 36.5 Å². The third-order valence-corrected chi connectivity index (χ3v) is 6.49. The molecule has 7 heteroatoms. The van der Waals surface area contributed by atoms with Crippen LogP contribution in [0.3, 0.4) is 0 Å². The van der Waals surface area contributed by atoms with Crippen LogP contribution in [-0.4, -0.2) is 43.0 Å². The third-order valence-electron chi connectivity index (χ3n) is 4.65. The molecule has 1 atom stereocenters. The van der Waals surface area contributed by atoms with Crippen LogP contribution < -0.4 is 10.2 Å². The zero-order chi connectivity index (χ0) is 16.6. The van der Waals surface area contributed by atoms with Crippen molar-refractivity contribution in [3.8, 4) is 0 Å². The van der Waals surface area contributed by atoms with E-state index in [0.29, 0.717) is 18.2 Å². The van der Waals surface area contributed by atoms with Gasteiger partial charge in [0, 0.05) is 25.2 Å². The number of sulfone groups is 1. The Morgan fingerprint density at radius 1 is 1.25 bits per heavy atom. The summed E-state index contributed by atoms with van der Waals surface area (Å²) in [6.45, 7) is 1.51. The van der Waals surface area contributed by atoms with Gasteiger partial charge in [-0.3, -0.25) is 0 Å². The zero-order valence-corrected chi connectivity index (χ0v) is 14.2. The van der Waals surface area contributed by atoms with Crippen LogP contribution in [0, 0.1) is 5.92 Å². The summed E-state index contributed by atoms with van der Waals surface area (Å²) in [5.41, 5.74) is 3.24. The fourth-order valence-electron chi connectivity index (χ4n) is 3.39. The fourth-order valence-corrected chi connectivity index (χ4v) is 5.25. The molecule has 1 saturated heterocycles. The Kier molecular flexibility index (Phi) is 3.88. The number of para-hydroxylation sites is 1. The van der Waals surface area contributed by atoms with Crippen molar-refractivity contribution in [2.45, 2.75) is 12.8 Å². The van der Waals surface area contributed by atoms with Gasteiger partial charge in [-0.2, -0.15) is 0 Å². The molecule has 126 valence electrons. The van der Waals surface area contributed by atoms with Gasteiger partial charge in [0.2, 0.25) is 5.95 Å². The molecule has 3 heterocycles. The molecule has 2 aromatic rings. The summed E-state index contributed by atoms with van der Waals surface area (Å²) in [7, 11) is -2.83. The van der Waals surface area contributed by atoms with E-state index in [-0.39, 0.29) is 11.7 Å². The third kappa shape index (κ3) is 3.08. The molecule has 0 bridgehead atoms. The van der Waals surface area contributed by atoms with Crippen molar-refractivity contribution in [1.29, 1.82) is 0 Å². The van der Waals surface area contributed by atoms with E-state index in [1.807, 2.05) is 24.4 Å². The quantitative estimate of drug-likeness (QED) is 0.914. The van der Waals surface area contributed by atoms with E-state index in [9.17, 15) is 8.42 Å². The number of nitrogens with one attached hydrogen (secondary N) is 1. The maximum atomic E-state index is 11.5. The molecule has 4 rings (SSSR count). The van der Waals surface area contributed by atoms with E-state index in [1.54, 1.807) is 0 Å². The van der Waals surface area contributed by atoms with Crippen LogP contribution in [0.15, 0.2) is 36.5 Å². The second-order valence-corrected chi connectivity index (χ2v) is 8.64. The summed E-state index contributed by atoms with van der Waals surface area (Å²) < 4.78 is 23.0. The average molecular weight is 344 g/mol. The number of hydrogen-bond acceptors (Lipinski definition) is 6. The normalized spacial score (nSPS) is 21.7. The summed E-state index contributed by atoms with van der Waals surface area (Å²) in [6, 6.07) is 10.2. The van der Waals surface area contributed by atoms with Gasteiger partial charge in [0.1, 0.15) is 0 Å². The minimum absolute atomic E-state index is 0.160. The van der Waals surface area contributed by atoms with Crippen molar-refractivity contribution in [3.63, 3.8) is 0 Å². The van der Waals surface area contributed by atoms with Crippen molar-refractivity contribution in [1.82, 2.24) is 9.97 Å². The molecule has 0 saturated carbocycles. The van der Waals surface area contributed by atoms with Crippen molar-refractivity contribution in [2.24, 2.45) is 5.92 Å². The molecule has 0 spiro atoms. The van der Waals surface area contributed by atoms with E-state index < -0.39 is 9.84 Å². The Balaban J connectivity index is 1.45. The van der Waals surface area contributed by atoms with Crippen LogP contribution in [0.25, 0.3) is 0 Å². The number of fused-ring (bicyclic) bond motifs is 1. The Hall–Kier alpha value is -2.15. The Morgan fingerprint density at radius 2 is 2.08 bits per heavy atom. The number of hydrogen-bond donors (Lipinski definition) is 1. The molecule has 0 amide bonds. The van der Waals surface area contributed by atoms with Crippen LogP contribution in [0.5, 0.6) is 0 Å². The predicted molar refractivity (Wildman–Crippen MR) is 94.4 cm³/mol. The van der Waals surface area contributed by atoms with Crippen molar-refractivity contribution in [2.75, 3.05) is 34.8 Å². The molecule has 1 aromatic carbocycles. The maximum Gasteiger partial charge on any atom is 0.223 e. The first-order valence-electron chi connectivity index (χ1n) is 8.23. The first-order chi connectivity index (χ1) is 11.6. The van der Waals surface area contributed by atoms with Crippen LogP contribution in [0.2, 0.25) is 0 Å². The molecule has 24 heavy (non-hydrogen) atoms. The first-order valence-corrected chi connectivity index (χ1v) is 10.1. The van der Waals surface area contributed by atoms with Crippen LogP contribution >= 0.6 is 0 Å². The molecule has 0 radical (unpaired) electrons. The highest BCUT2D eigenvalue weighted by molar-refractivity contribution is 7.91. The molecule has 2 aliphatic heterocycles. The zero-order valence-electron chi connectivity index (χ0n) is 13.4. The monoisotopic (exact) mass is 344 g/mol. The Bertz CT molecular complexity index is 839. The molecule has 1 N–H and O–H groups in total. The molecular formula is C17H20N4O2S. The van der Waals surface area contributed by atoms with E-state index in [4.69, 9.17) is 0 Å². The van der Waals surface area contributed by atoms with E-state index >= 15 is 0 Å². The Labute approximate surface area is 141 Å². The topological polar surface area (TPSA) is 75.2 Å². The number of anilines is 3. The highest BCUT2D eigenvalue weighted by Crippen LogP contribution is 2.33. The van der Waals surface area contributed by atoms with Gasteiger partial charge in [0.25, 0.3) is 0 Å². The van der Waals surface area contributed by atoms with Crippen molar-refractivity contribution >= 4 is 27.2 Å². The SMILES string of the molecule is O=S1(=O)CCC(CNc2ncc3c(n2)CCN3c2ccccc2)C1. The van der Waals surface area contributed by atoms with Gasteiger partial charge in [-0.25, -0.2) is 18.4 Å². The molecule has 2 aliphatic rings. The minimum Gasteiger partial charge on any atom is -0.354 e. The minimum atomic E-state index is -2.83. The number of rotatable bonds is 4.